The standard InChI is InChI=1S/C12H11P.C5H5.C5H4.ClH.Fe.Pd/c1-3-7-11(8-4-1)13-12-9-5-2-6-10-12;2*1-2-4-5-3-1;;;/h1-10,13H;1-5H;1-4H;1H;;. The second-order valence-corrected chi connectivity index (χ2v) is 39.3. The quantitative estimate of drug-likeness (QED) is 0.342. The van der Waals surface area contributed by atoms with E-state index >= 15 is 0 Å². The van der Waals surface area contributed by atoms with E-state index in [1.165, 1.54) is 54.0 Å². The second-order valence-electron chi connectivity index (χ2n) is 12.4. The Morgan fingerprint density at radius 3 is 1.23 bits per heavy atom. The number of fused-ring (bicyclic) bond motifs is 10. The van der Waals surface area contributed by atoms with Crippen LogP contribution in [0.4, 0.5) is 0 Å². The molecule has 12 rings (SSSR count). The van der Waals surface area contributed by atoms with E-state index in [9.17, 15) is 0 Å². The summed E-state index contributed by atoms with van der Waals surface area (Å²) in [5.74, 6) is 0. The third-order valence-corrected chi connectivity index (χ3v) is 66.6. The zero-order chi connectivity index (χ0) is 15.9. The molecule has 4 heteroatoms. The minimum Gasteiger partial charge on any atom is -0.0622 e. The topological polar surface area (TPSA) is 0 Å². The summed E-state index contributed by atoms with van der Waals surface area (Å²) in [4.78, 5) is 13.6. The van der Waals surface area contributed by atoms with E-state index in [0.29, 0.717) is 0 Å². The van der Waals surface area contributed by atoms with Crippen molar-refractivity contribution >= 4 is 31.6 Å². The number of benzene rings is 2. The Morgan fingerprint density at radius 2 is 1.04 bits per heavy atom. The molecule has 0 bridgehead atoms. The van der Waals surface area contributed by atoms with Crippen molar-refractivity contribution in [1.82, 2.24) is 0 Å². The first-order valence-electron chi connectivity index (χ1n) is 9.74. The number of halogens is 1. The van der Waals surface area contributed by atoms with Gasteiger partial charge in [0.1, 0.15) is 0 Å². The van der Waals surface area contributed by atoms with Crippen LogP contribution in [0.1, 0.15) is 0 Å². The van der Waals surface area contributed by atoms with Gasteiger partial charge in [-0.25, -0.2) is 0 Å². The summed E-state index contributed by atoms with van der Waals surface area (Å²) in [6, 6.07) is 21.2. The van der Waals surface area contributed by atoms with Crippen molar-refractivity contribution in [2.75, 3.05) is 0 Å². The van der Waals surface area contributed by atoms with Crippen molar-refractivity contribution in [3.8, 4) is 0 Å². The Morgan fingerprint density at radius 1 is 0.654 bits per heavy atom. The fraction of sp³-hybridized carbons (Fsp3) is 0.455. The molecule has 10 fully saturated rings. The van der Waals surface area contributed by atoms with E-state index in [-0.39, 0.29) is 12.4 Å². The normalized spacial score (nSPS) is 80.6. The molecule has 4 atom stereocenters. The number of hydrogen-bond acceptors (Lipinski definition) is 0. The van der Waals surface area contributed by atoms with Crippen LogP contribution >= 0.6 is 21.0 Å². The Hall–Kier alpha value is 0.342. The van der Waals surface area contributed by atoms with E-state index in [2.05, 4.69) is 79.9 Å². The van der Waals surface area contributed by atoms with E-state index < -0.39 is 6.51 Å². The van der Waals surface area contributed by atoms with E-state index in [4.69, 9.17) is 0 Å². The maximum absolute atomic E-state index is 4.03. The molecule has 10 heterocycles. The Balaban J connectivity index is 0.0000000820. The first-order valence-corrected chi connectivity index (χ1v) is 17.8. The molecule has 0 radical (unpaired) electrons. The monoisotopic (exact) mass is 513 g/mol. The van der Waals surface area contributed by atoms with Crippen molar-refractivity contribution < 1.29 is 25.7 Å². The van der Waals surface area contributed by atoms with Crippen LogP contribution in [0.15, 0.2) is 60.7 Å². The average Bonchev–Trinajstić information content (AvgIpc) is 3.59. The maximum atomic E-state index is 4.03. The van der Waals surface area contributed by atoms with Crippen LogP contribution in [0, 0.1) is 0 Å². The fourth-order valence-corrected chi connectivity index (χ4v) is 103. The number of rotatable bonds is 2. The van der Waals surface area contributed by atoms with Gasteiger partial charge in [-0.15, -0.1) is 12.4 Å². The summed E-state index contributed by atoms with van der Waals surface area (Å²) >= 11 is 4.03. The predicted molar refractivity (Wildman–Crippen MR) is 104 cm³/mol. The van der Waals surface area contributed by atoms with Gasteiger partial charge in [0.2, 0.25) is 0 Å². The molecule has 0 N–H and O–H groups in total. The van der Waals surface area contributed by atoms with Crippen molar-refractivity contribution in [1.29, 1.82) is 0 Å². The molecule has 0 aromatic heterocycles. The van der Waals surface area contributed by atoms with Gasteiger partial charge in [-0.2, -0.15) is 0 Å². The van der Waals surface area contributed by atoms with Crippen LogP contribution in [0.25, 0.3) is 0 Å². The summed E-state index contributed by atoms with van der Waals surface area (Å²) < 4.78 is 1.04. The van der Waals surface area contributed by atoms with Gasteiger partial charge in [0.15, 0.2) is 0 Å². The minimum absolute atomic E-state index is 0. The van der Waals surface area contributed by atoms with Crippen LogP contribution in [0.5, 0.6) is 0 Å². The molecular weight excluding hydrogens is 493 g/mol. The van der Waals surface area contributed by atoms with Gasteiger partial charge in [-0.05, 0) is 10.6 Å². The minimum atomic E-state index is -2.52. The van der Waals surface area contributed by atoms with Crippen LogP contribution in [0.2, 0.25) is 46.1 Å². The number of hydrogen-bond donors (Lipinski definition) is 0. The molecule has 1 spiro atoms. The van der Waals surface area contributed by atoms with Crippen LogP contribution in [-0.4, -0.2) is 0 Å². The van der Waals surface area contributed by atoms with Crippen LogP contribution in [0.3, 0.4) is 0 Å². The van der Waals surface area contributed by atoms with Crippen molar-refractivity contribution in [2.24, 2.45) is 0 Å². The summed E-state index contributed by atoms with van der Waals surface area (Å²) in [5, 5.41) is 2.79. The molecule has 0 aliphatic carbocycles. The maximum Gasteiger partial charge on any atom is -0.0226 e. The molecular formula is C22H21ClFePPd. The fourth-order valence-electron chi connectivity index (χ4n) is 16.9. The third-order valence-electron chi connectivity index (χ3n) is 16.3. The van der Waals surface area contributed by atoms with Crippen molar-refractivity contribution in [3.63, 3.8) is 0 Å². The summed E-state index contributed by atoms with van der Waals surface area (Å²) in [7, 11) is 0.777. The van der Waals surface area contributed by atoms with Gasteiger partial charge >= 0.3 is 71.8 Å². The first kappa shape index (κ1) is 13.5. The molecule has 10 aliphatic heterocycles. The Bertz CT molecular complexity index is 1290. The molecule has 10 aliphatic rings. The van der Waals surface area contributed by atoms with Crippen LogP contribution < -0.4 is 10.6 Å². The zero-order valence-electron chi connectivity index (χ0n) is 14.0. The molecule has 10 saturated heterocycles. The molecule has 4 unspecified atom stereocenters. The van der Waals surface area contributed by atoms with Crippen molar-refractivity contribution in [2.45, 2.75) is 46.1 Å². The van der Waals surface area contributed by atoms with Gasteiger partial charge in [0, 0.05) is 0 Å². The van der Waals surface area contributed by atoms with E-state index in [0.717, 1.165) is 11.4 Å². The SMILES string of the molecule is Cl.[Pd][C]12[CH]3[CH]4[CH]5[CH]1[Fe]45321678[CH]2[CH]1[CH]6[CH]7[CH]28.c1ccc(Pc2ccccc2)cc1. The molecule has 26 heavy (non-hydrogen) atoms. The van der Waals surface area contributed by atoms with Gasteiger partial charge < -0.3 is 0 Å². The smallest absolute Gasteiger partial charge is 0.0226 e. The zero-order valence-corrected chi connectivity index (χ0v) is 18.5. The largest absolute Gasteiger partial charge is 0.0622 e. The summed E-state index contributed by atoms with van der Waals surface area (Å²) in [5.41, 5.74) is 0. The summed E-state index contributed by atoms with van der Waals surface area (Å²) in [6.45, 7) is -2.52. The van der Waals surface area contributed by atoms with E-state index in [1.54, 1.807) is 0 Å². The molecule has 2 aromatic rings. The second kappa shape index (κ2) is 1.65. The van der Waals surface area contributed by atoms with E-state index in [1.807, 2.05) is 0 Å². The summed E-state index contributed by atoms with van der Waals surface area (Å²) in [6.07, 6.45) is 0. The third kappa shape index (κ3) is 0.244. The molecule has 139 valence electrons. The first-order chi connectivity index (χ1) is 12.0. The molecule has 2 aromatic carbocycles. The van der Waals surface area contributed by atoms with Crippen LogP contribution in [-0.2, 0) is 25.7 Å². The average molecular weight is 514 g/mol. The molecule has 0 nitrogen and oxygen atoms in total. The van der Waals surface area contributed by atoms with Gasteiger partial charge in [0.05, 0.1) is 0 Å². The van der Waals surface area contributed by atoms with Gasteiger partial charge in [-0.3, -0.25) is 0 Å². The van der Waals surface area contributed by atoms with Crippen molar-refractivity contribution in [3.05, 3.63) is 60.7 Å². The predicted octanol–water partition coefficient (Wildman–Crippen LogP) is 5.99. The molecule has 0 saturated carbocycles. The Kier molecular flexibility index (Phi) is 0.860. The van der Waals surface area contributed by atoms with Gasteiger partial charge in [0.25, 0.3) is 0 Å². The van der Waals surface area contributed by atoms with Gasteiger partial charge in [-0.1, -0.05) is 69.2 Å². The Labute approximate surface area is 163 Å². The molecule has 0 amide bonds.